The summed E-state index contributed by atoms with van der Waals surface area (Å²) < 4.78 is 42.7. The summed E-state index contributed by atoms with van der Waals surface area (Å²) in [6.45, 7) is 1.22. The van der Waals surface area contributed by atoms with E-state index in [-0.39, 0.29) is 27.4 Å². The van der Waals surface area contributed by atoms with Gasteiger partial charge in [0.25, 0.3) is 10.0 Å². The molecular formula is C26H26N2O8S. The van der Waals surface area contributed by atoms with Crippen molar-refractivity contribution in [2.45, 2.75) is 11.8 Å². The van der Waals surface area contributed by atoms with Crippen molar-refractivity contribution in [2.75, 3.05) is 37.5 Å². The lowest BCUT2D eigenvalue weighted by Crippen LogP contribution is -2.38. The molecule has 10 nitrogen and oxygen atoms in total. The number of esters is 2. The Morgan fingerprint density at radius 1 is 0.838 bits per heavy atom. The first-order valence-electron chi connectivity index (χ1n) is 10.9. The number of aryl methyl sites for hydroxylation is 1. The molecule has 3 aromatic carbocycles. The lowest BCUT2D eigenvalue weighted by atomic mass is 10.1. The van der Waals surface area contributed by atoms with Crippen LogP contribution in [-0.4, -0.2) is 54.1 Å². The Morgan fingerprint density at radius 2 is 1.43 bits per heavy atom. The number of methoxy groups -OCH3 is 3. The van der Waals surface area contributed by atoms with E-state index in [4.69, 9.17) is 14.2 Å². The molecule has 0 unspecified atom stereocenters. The molecule has 0 bridgehead atoms. The molecule has 0 aliphatic heterocycles. The van der Waals surface area contributed by atoms with Crippen LogP contribution >= 0.6 is 0 Å². The average Bonchev–Trinajstić information content (AvgIpc) is 2.90. The molecule has 0 heterocycles. The van der Waals surface area contributed by atoms with Crippen molar-refractivity contribution in [3.8, 4) is 5.75 Å². The van der Waals surface area contributed by atoms with Crippen LogP contribution in [0.4, 0.5) is 11.4 Å². The van der Waals surface area contributed by atoms with Crippen LogP contribution in [0.1, 0.15) is 26.3 Å². The van der Waals surface area contributed by atoms with Crippen LogP contribution in [-0.2, 0) is 24.3 Å². The number of nitrogens with zero attached hydrogens (tertiary/aromatic N) is 1. The van der Waals surface area contributed by atoms with Crippen LogP contribution in [0.15, 0.2) is 71.6 Å². The Hall–Kier alpha value is -4.38. The fraction of sp³-hybridized carbons (Fsp3) is 0.192. The molecule has 3 aromatic rings. The molecule has 0 aliphatic rings. The molecule has 0 radical (unpaired) electrons. The molecule has 0 saturated heterocycles. The Balaban J connectivity index is 1.99. The number of amides is 1. The third-order valence-electron chi connectivity index (χ3n) is 5.30. The maximum atomic E-state index is 13.6. The summed E-state index contributed by atoms with van der Waals surface area (Å²) in [5.74, 6) is -1.80. The standard InChI is InChI=1S/C26H26N2O8S/c1-17-8-10-23(11-9-17)37(32,33)28(21-6-5-7-22(15-21)34-2)16-24(29)27-20-13-18(25(30)35-3)12-19(14-20)26(31)36-4/h5-15H,16H2,1-4H3,(H,27,29). The molecular weight excluding hydrogens is 500 g/mol. The van der Waals surface area contributed by atoms with Crippen molar-refractivity contribution >= 4 is 39.2 Å². The predicted octanol–water partition coefficient (Wildman–Crippen LogP) is 3.41. The number of ether oxygens (including phenoxy) is 3. The zero-order valence-corrected chi connectivity index (χ0v) is 21.5. The van der Waals surface area contributed by atoms with E-state index in [1.165, 1.54) is 63.8 Å². The minimum atomic E-state index is -4.17. The number of carbonyl (C=O) groups is 3. The van der Waals surface area contributed by atoms with E-state index in [0.29, 0.717) is 5.75 Å². The van der Waals surface area contributed by atoms with Gasteiger partial charge in [-0.1, -0.05) is 23.8 Å². The average molecular weight is 527 g/mol. The second-order valence-corrected chi connectivity index (χ2v) is 9.72. The topological polar surface area (TPSA) is 128 Å². The molecule has 11 heteroatoms. The van der Waals surface area contributed by atoms with Crippen LogP contribution in [0.3, 0.4) is 0 Å². The van der Waals surface area contributed by atoms with E-state index in [0.717, 1.165) is 9.87 Å². The van der Waals surface area contributed by atoms with Gasteiger partial charge < -0.3 is 19.5 Å². The first kappa shape index (κ1) is 27.2. The number of anilines is 2. The van der Waals surface area contributed by atoms with Gasteiger partial charge in [0.2, 0.25) is 5.91 Å². The molecule has 194 valence electrons. The van der Waals surface area contributed by atoms with Gasteiger partial charge in [0.1, 0.15) is 12.3 Å². The highest BCUT2D eigenvalue weighted by molar-refractivity contribution is 7.92. The van der Waals surface area contributed by atoms with Crippen molar-refractivity contribution in [3.05, 3.63) is 83.4 Å². The van der Waals surface area contributed by atoms with Gasteiger partial charge in [-0.25, -0.2) is 18.0 Å². The highest BCUT2D eigenvalue weighted by atomic mass is 32.2. The Bertz CT molecular complexity index is 1380. The first-order valence-corrected chi connectivity index (χ1v) is 12.4. The predicted molar refractivity (Wildman–Crippen MR) is 136 cm³/mol. The number of rotatable bonds is 9. The number of benzene rings is 3. The summed E-state index contributed by atoms with van der Waals surface area (Å²) >= 11 is 0. The summed E-state index contributed by atoms with van der Waals surface area (Å²) in [6, 6.07) is 16.4. The van der Waals surface area contributed by atoms with Crippen LogP contribution < -0.4 is 14.4 Å². The van der Waals surface area contributed by atoms with E-state index in [2.05, 4.69) is 5.32 Å². The van der Waals surface area contributed by atoms with Crippen LogP contribution in [0, 0.1) is 6.92 Å². The van der Waals surface area contributed by atoms with Gasteiger partial charge in [-0.3, -0.25) is 9.10 Å². The number of hydrogen-bond acceptors (Lipinski definition) is 8. The summed E-state index contributed by atoms with van der Waals surface area (Å²) in [7, 11) is -0.375. The second-order valence-electron chi connectivity index (χ2n) is 7.86. The van der Waals surface area contributed by atoms with Crippen molar-refractivity contribution in [1.29, 1.82) is 0 Å². The smallest absolute Gasteiger partial charge is 0.337 e. The molecule has 37 heavy (non-hydrogen) atoms. The molecule has 1 amide bonds. The van der Waals surface area contributed by atoms with E-state index in [9.17, 15) is 22.8 Å². The summed E-state index contributed by atoms with van der Waals surface area (Å²) in [4.78, 5) is 37.2. The Labute approximate surface area is 214 Å². The first-order chi connectivity index (χ1) is 17.6. The van der Waals surface area contributed by atoms with E-state index in [1.54, 1.807) is 24.3 Å². The lowest BCUT2D eigenvalue weighted by Gasteiger charge is -2.24. The van der Waals surface area contributed by atoms with Gasteiger partial charge in [-0.15, -0.1) is 0 Å². The molecule has 0 spiro atoms. The van der Waals surface area contributed by atoms with E-state index in [1.807, 2.05) is 6.92 Å². The van der Waals surface area contributed by atoms with E-state index < -0.39 is 34.4 Å². The molecule has 0 aliphatic carbocycles. The highest BCUT2D eigenvalue weighted by Crippen LogP contribution is 2.27. The zero-order valence-electron chi connectivity index (χ0n) is 20.7. The van der Waals surface area contributed by atoms with Crippen molar-refractivity contribution in [3.63, 3.8) is 0 Å². The molecule has 1 N–H and O–H groups in total. The van der Waals surface area contributed by atoms with Gasteiger partial charge in [-0.2, -0.15) is 0 Å². The maximum absolute atomic E-state index is 13.6. The molecule has 0 saturated carbocycles. The maximum Gasteiger partial charge on any atom is 0.337 e. The lowest BCUT2D eigenvalue weighted by molar-refractivity contribution is -0.114. The van der Waals surface area contributed by atoms with Gasteiger partial charge >= 0.3 is 11.9 Å². The van der Waals surface area contributed by atoms with Crippen molar-refractivity contribution in [2.24, 2.45) is 0 Å². The molecule has 0 fully saturated rings. The number of nitrogens with one attached hydrogen (secondary N) is 1. The molecule has 0 aromatic heterocycles. The van der Waals surface area contributed by atoms with Gasteiger partial charge in [0, 0.05) is 11.8 Å². The van der Waals surface area contributed by atoms with Crippen molar-refractivity contribution < 1.29 is 37.0 Å². The minimum Gasteiger partial charge on any atom is -0.497 e. The summed E-state index contributed by atoms with van der Waals surface area (Å²) in [6.07, 6.45) is 0. The highest BCUT2D eigenvalue weighted by Gasteiger charge is 2.28. The van der Waals surface area contributed by atoms with E-state index >= 15 is 0 Å². The number of sulfonamides is 1. The third kappa shape index (κ3) is 6.44. The Kier molecular flexibility index (Phi) is 8.51. The third-order valence-corrected chi connectivity index (χ3v) is 7.08. The molecule has 0 atom stereocenters. The Morgan fingerprint density at radius 3 is 1.97 bits per heavy atom. The SMILES string of the molecule is COC(=O)c1cc(NC(=O)CN(c2cccc(OC)c2)S(=O)(=O)c2ccc(C)cc2)cc(C(=O)OC)c1. The monoisotopic (exact) mass is 526 g/mol. The van der Waals surface area contributed by atoms with Gasteiger partial charge in [0.15, 0.2) is 0 Å². The van der Waals surface area contributed by atoms with Gasteiger partial charge in [0.05, 0.1) is 43.0 Å². The normalized spacial score (nSPS) is 10.8. The van der Waals surface area contributed by atoms with Crippen LogP contribution in [0.2, 0.25) is 0 Å². The van der Waals surface area contributed by atoms with Crippen LogP contribution in [0.5, 0.6) is 5.75 Å². The minimum absolute atomic E-state index is 0.00220. The van der Waals surface area contributed by atoms with Gasteiger partial charge in [-0.05, 0) is 49.4 Å². The second kappa shape index (κ2) is 11.6. The summed E-state index contributed by atoms with van der Waals surface area (Å²) in [5.41, 5.74) is 1.15. The zero-order chi connectivity index (χ0) is 27.2. The fourth-order valence-electron chi connectivity index (χ4n) is 3.42. The summed E-state index contributed by atoms with van der Waals surface area (Å²) in [5, 5.41) is 2.55. The quantitative estimate of drug-likeness (QED) is 0.420. The number of carbonyl (C=O) groups excluding carboxylic acids is 3. The number of hydrogen-bond donors (Lipinski definition) is 1. The fourth-order valence-corrected chi connectivity index (χ4v) is 4.83. The van der Waals surface area contributed by atoms with Crippen molar-refractivity contribution in [1.82, 2.24) is 0 Å². The largest absolute Gasteiger partial charge is 0.497 e. The molecule has 3 rings (SSSR count). The van der Waals surface area contributed by atoms with Crippen LogP contribution in [0.25, 0.3) is 0 Å².